The first-order chi connectivity index (χ1) is 10.2. The number of nitrogens with zero attached hydrogens (tertiary/aromatic N) is 5. The Labute approximate surface area is 128 Å². The molecular weight excluding hydrogens is 290 g/mol. The van der Waals surface area contributed by atoms with Gasteiger partial charge in [0, 0.05) is 19.7 Å². The molecule has 1 atom stereocenters. The summed E-state index contributed by atoms with van der Waals surface area (Å²) in [6.07, 6.45) is 5.95. The maximum Gasteiger partial charge on any atom is 0.162 e. The third-order valence-corrected chi connectivity index (χ3v) is 4.42. The second kappa shape index (κ2) is 6.25. The van der Waals surface area contributed by atoms with E-state index in [4.69, 9.17) is 16.7 Å². The lowest BCUT2D eigenvalue weighted by atomic mass is 10.1. The second-order valence-electron chi connectivity index (χ2n) is 5.57. The van der Waals surface area contributed by atoms with Gasteiger partial charge < -0.3 is 5.11 Å². The van der Waals surface area contributed by atoms with Crippen LogP contribution in [-0.2, 0) is 13.6 Å². The maximum atomic E-state index is 8.99. The van der Waals surface area contributed by atoms with Crippen molar-refractivity contribution in [3.05, 3.63) is 17.2 Å². The molecule has 0 saturated carbocycles. The monoisotopic (exact) mass is 309 g/mol. The molecule has 0 radical (unpaired) electrons. The molecule has 3 heterocycles. The van der Waals surface area contributed by atoms with E-state index in [-0.39, 0.29) is 6.61 Å². The SMILES string of the molecule is Cn1ncc2c(Cl)nc(CN3CCCC3CCCO)nc21. The minimum Gasteiger partial charge on any atom is -0.396 e. The first-order valence-electron chi connectivity index (χ1n) is 7.38. The lowest BCUT2D eigenvalue weighted by Gasteiger charge is -2.23. The summed E-state index contributed by atoms with van der Waals surface area (Å²) in [7, 11) is 1.86. The molecular formula is C14H20ClN5O. The number of aryl methyl sites for hydroxylation is 1. The van der Waals surface area contributed by atoms with E-state index in [0.717, 1.165) is 36.2 Å². The molecule has 0 amide bonds. The number of rotatable bonds is 5. The summed E-state index contributed by atoms with van der Waals surface area (Å²) in [5, 5.41) is 14.4. The normalized spacial score (nSPS) is 19.7. The van der Waals surface area contributed by atoms with Crippen LogP contribution in [0.3, 0.4) is 0 Å². The lowest BCUT2D eigenvalue weighted by Crippen LogP contribution is -2.30. The van der Waals surface area contributed by atoms with Gasteiger partial charge in [-0.15, -0.1) is 0 Å². The van der Waals surface area contributed by atoms with E-state index in [1.54, 1.807) is 10.9 Å². The summed E-state index contributed by atoms with van der Waals surface area (Å²) in [5.74, 6) is 0.743. The van der Waals surface area contributed by atoms with E-state index in [2.05, 4.69) is 20.0 Å². The summed E-state index contributed by atoms with van der Waals surface area (Å²) in [6.45, 7) is 2.02. The molecule has 6 nitrogen and oxygen atoms in total. The standard InChI is InChI=1S/C14H20ClN5O/c1-19-14-11(8-16-19)13(15)17-12(18-14)9-20-6-2-4-10(20)5-3-7-21/h8,10,21H,2-7,9H2,1H3. The van der Waals surface area contributed by atoms with Crippen LogP contribution in [0.5, 0.6) is 0 Å². The molecule has 1 aliphatic rings. The maximum absolute atomic E-state index is 8.99. The molecule has 1 fully saturated rings. The van der Waals surface area contributed by atoms with Gasteiger partial charge in [0.05, 0.1) is 18.1 Å². The number of aliphatic hydroxyl groups is 1. The second-order valence-corrected chi connectivity index (χ2v) is 5.93. The molecule has 0 aromatic carbocycles. The number of halogens is 1. The van der Waals surface area contributed by atoms with Crippen LogP contribution < -0.4 is 0 Å². The smallest absolute Gasteiger partial charge is 0.162 e. The third kappa shape index (κ3) is 3.02. The van der Waals surface area contributed by atoms with Crippen LogP contribution in [0.15, 0.2) is 6.20 Å². The van der Waals surface area contributed by atoms with Gasteiger partial charge in [-0.05, 0) is 32.2 Å². The molecule has 21 heavy (non-hydrogen) atoms. The number of hydrogen-bond acceptors (Lipinski definition) is 5. The van der Waals surface area contributed by atoms with E-state index in [1.165, 1.54) is 12.8 Å². The van der Waals surface area contributed by atoms with Crippen molar-refractivity contribution < 1.29 is 5.11 Å². The average molecular weight is 310 g/mol. The topological polar surface area (TPSA) is 67.1 Å². The summed E-state index contributed by atoms with van der Waals surface area (Å²) in [6, 6.07) is 0.516. The summed E-state index contributed by atoms with van der Waals surface area (Å²) in [4.78, 5) is 11.4. The van der Waals surface area contributed by atoms with Gasteiger partial charge in [0.25, 0.3) is 0 Å². The van der Waals surface area contributed by atoms with Gasteiger partial charge in [-0.1, -0.05) is 11.6 Å². The van der Waals surface area contributed by atoms with E-state index < -0.39 is 0 Å². The molecule has 0 bridgehead atoms. The van der Waals surface area contributed by atoms with Gasteiger partial charge in [0.1, 0.15) is 11.0 Å². The Balaban J connectivity index is 1.79. The molecule has 2 aromatic rings. The first-order valence-corrected chi connectivity index (χ1v) is 7.76. The van der Waals surface area contributed by atoms with Crippen molar-refractivity contribution in [2.24, 2.45) is 7.05 Å². The fourth-order valence-corrected chi connectivity index (χ4v) is 3.27. The van der Waals surface area contributed by atoms with E-state index in [9.17, 15) is 0 Å². The Kier molecular flexibility index (Phi) is 4.37. The molecule has 0 spiro atoms. The van der Waals surface area contributed by atoms with Crippen molar-refractivity contribution >= 4 is 22.6 Å². The molecule has 0 aliphatic carbocycles. The van der Waals surface area contributed by atoms with E-state index in [1.807, 2.05) is 7.05 Å². The molecule has 2 aromatic heterocycles. The van der Waals surface area contributed by atoms with Crippen LogP contribution in [0.2, 0.25) is 5.15 Å². The van der Waals surface area contributed by atoms with Crippen LogP contribution in [-0.4, -0.2) is 48.9 Å². The highest BCUT2D eigenvalue weighted by Gasteiger charge is 2.25. The predicted octanol–water partition coefficient (Wildman–Crippen LogP) is 1.75. The van der Waals surface area contributed by atoms with Crippen molar-refractivity contribution in [3.63, 3.8) is 0 Å². The fourth-order valence-electron chi connectivity index (χ4n) is 3.04. The molecule has 3 rings (SSSR count). The number of hydrogen-bond donors (Lipinski definition) is 1. The number of aromatic nitrogens is 4. The van der Waals surface area contributed by atoms with Gasteiger partial charge in [-0.2, -0.15) is 5.10 Å². The van der Waals surface area contributed by atoms with Gasteiger partial charge in [-0.3, -0.25) is 9.58 Å². The third-order valence-electron chi connectivity index (χ3n) is 4.13. The molecule has 1 unspecified atom stereocenters. The Morgan fingerprint density at radius 1 is 1.43 bits per heavy atom. The quantitative estimate of drug-likeness (QED) is 0.852. The van der Waals surface area contributed by atoms with Crippen LogP contribution in [0.1, 0.15) is 31.5 Å². The van der Waals surface area contributed by atoms with Gasteiger partial charge in [0.15, 0.2) is 5.65 Å². The van der Waals surface area contributed by atoms with Gasteiger partial charge >= 0.3 is 0 Å². The van der Waals surface area contributed by atoms with Crippen molar-refractivity contribution in [3.8, 4) is 0 Å². The Bertz CT molecular complexity index is 629. The van der Waals surface area contributed by atoms with E-state index >= 15 is 0 Å². The summed E-state index contributed by atoms with van der Waals surface area (Å²) < 4.78 is 1.72. The minimum atomic E-state index is 0.258. The largest absolute Gasteiger partial charge is 0.396 e. The summed E-state index contributed by atoms with van der Waals surface area (Å²) >= 11 is 6.22. The molecule has 114 valence electrons. The van der Waals surface area contributed by atoms with Crippen LogP contribution >= 0.6 is 11.6 Å². The highest BCUT2D eigenvalue weighted by molar-refractivity contribution is 6.33. The van der Waals surface area contributed by atoms with Crippen LogP contribution in [0, 0.1) is 0 Å². The average Bonchev–Trinajstić information content (AvgIpc) is 3.05. The molecule has 7 heteroatoms. The Morgan fingerprint density at radius 2 is 2.29 bits per heavy atom. The van der Waals surface area contributed by atoms with E-state index in [0.29, 0.717) is 17.7 Å². The number of likely N-dealkylation sites (tertiary alicyclic amines) is 1. The zero-order valence-corrected chi connectivity index (χ0v) is 12.9. The van der Waals surface area contributed by atoms with Crippen molar-refractivity contribution in [2.75, 3.05) is 13.2 Å². The van der Waals surface area contributed by atoms with Crippen molar-refractivity contribution in [1.29, 1.82) is 0 Å². The van der Waals surface area contributed by atoms with Crippen LogP contribution in [0.4, 0.5) is 0 Å². The zero-order chi connectivity index (χ0) is 14.8. The highest BCUT2D eigenvalue weighted by Crippen LogP contribution is 2.24. The van der Waals surface area contributed by atoms with Crippen molar-refractivity contribution in [2.45, 2.75) is 38.3 Å². The predicted molar refractivity (Wildman–Crippen MR) is 81.1 cm³/mol. The van der Waals surface area contributed by atoms with Gasteiger partial charge in [0.2, 0.25) is 0 Å². The zero-order valence-electron chi connectivity index (χ0n) is 12.2. The Hall–Kier alpha value is -1.24. The molecule has 1 saturated heterocycles. The number of aliphatic hydroxyl groups excluding tert-OH is 1. The summed E-state index contributed by atoms with van der Waals surface area (Å²) in [5.41, 5.74) is 0.774. The molecule has 1 aliphatic heterocycles. The minimum absolute atomic E-state index is 0.258. The highest BCUT2D eigenvalue weighted by atomic mass is 35.5. The first kappa shape index (κ1) is 14.7. The van der Waals surface area contributed by atoms with Gasteiger partial charge in [-0.25, -0.2) is 9.97 Å². The number of fused-ring (bicyclic) bond motifs is 1. The molecule has 1 N–H and O–H groups in total. The lowest BCUT2D eigenvalue weighted by molar-refractivity contribution is 0.206. The fraction of sp³-hybridized carbons (Fsp3) is 0.643. The van der Waals surface area contributed by atoms with Crippen molar-refractivity contribution in [1.82, 2.24) is 24.6 Å². The van der Waals surface area contributed by atoms with Crippen LogP contribution in [0.25, 0.3) is 11.0 Å². The Morgan fingerprint density at radius 3 is 3.10 bits per heavy atom.